The van der Waals surface area contributed by atoms with Gasteiger partial charge in [0.1, 0.15) is 0 Å². The van der Waals surface area contributed by atoms with Crippen molar-refractivity contribution in [1.29, 1.82) is 0 Å². The van der Waals surface area contributed by atoms with E-state index >= 15 is 0 Å². The summed E-state index contributed by atoms with van der Waals surface area (Å²) in [6.45, 7) is 1.41. The summed E-state index contributed by atoms with van der Waals surface area (Å²) < 4.78 is 7.46. The van der Waals surface area contributed by atoms with Crippen LogP contribution in [-0.2, 0) is 16.0 Å². The lowest BCUT2D eigenvalue weighted by molar-refractivity contribution is -0.121. The van der Waals surface area contributed by atoms with E-state index in [-0.39, 0.29) is 12.0 Å². The quantitative estimate of drug-likeness (QED) is 0.684. The van der Waals surface area contributed by atoms with Crippen LogP contribution in [0.3, 0.4) is 0 Å². The molecule has 1 aliphatic heterocycles. The number of nitrogens with zero attached hydrogens (tertiary/aromatic N) is 2. The fourth-order valence-electron chi connectivity index (χ4n) is 3.51. The smallest absolute Gasteiger partial charge is 0.220 e. The maximum atomic E-state index is 12.3. The van der Waals surface area contributed by atoms with Gasteiger partial charge in [0, 0.05) is 31.3 Å². The molecule has 5 nitrogen and oxygen atoms in total. The lowest BCUT2D eigenvalue weighted by atomic mass is 10.0. The highest BCUT2D eigenvalue weighted by molar-refractivity contribution is 5.76. The van der Waals surface area contributed by atoms with Gasteiger partial charge in [-0.15, -0.1) is 0 Å². The van der Waals surface area contributed by atoms with Crippen LogP contribution in [0.15, 0.2) is 66.9 Å². The van der Waals surface area contributed by atoms with Crippen molar-refractivity contribution in [3.8, 4) is 16.9 Å². The second kappa shape index (κ2) is 8.85. The Morgan fingerprint density at radius 1 is 1.11 bits per heavy atom. The normalized spacial score (nSPS) is 16.2. The standard InChI is InChI=1S/C23H25N3O2/c27-22(24-16-21-12-7-15-28-21)14-13-19-17-26(20-10-5-2-6-11-20)25-23(19)18-8-3-1-4-9-18/h1-6,8-11,17,21H,7,12-16H2,(H,24,27)/t21-/m1/s1. The van der Waals surface area contributed by atoms with Gasteiger partial charge in [0.25, 0.3) is 0 Å². The third-order valence-corrected chi connectivity index (χ3v) is 5.03. The van der Waals surface area contributed by atoms with Gasteiger partial charge in [-0.2, -0.15) is 5.10 Å². The summed E-state index contributed by atoms with van der Waals surface area (Å²) in [5.74, 6) is 0.0574. The van der Waals surface area contributed by atoms with Crippen LogP contribution in [0, 0.1) is 0 Å². The first-order chi connectivity index (χ1) is 13.8. The second-order valence-electron chi connectivity index (χ2n) is 7.09. The third kappa shape index (κ3) is 4.49. The van der Waals surface area contributed by atoms with Crippen molar-refractivity contribution in [2.75, 3.05) is 13.2 Å². The minimum Gasteiger partial charge on any atom is -0.376 e. The van der Waals surface area contributed by atoms with Crippen LogP contribution in [-0.4, -0.2) is 34.9 Å². The van der Waals surface area contributed by atoms with E-state index in [1.54, 1.807) is 0 Å². The van der Waals surface area contributed by atoms with Gasteiger partial charge in [-0.3, -0.25) is 4.79 Å². The van der Waals surface area contributed by atoms with E-state index in [0.717, 1.165) is 42.0 Å². The van der Waals surface area contributed by atoms with Crippen LogP contribution in [0.4, 0.5) is 0 Å². The fourth-order valence-corrected chi connectivity index (χ4v) is 3.51. The summed E-state index contributed by atoms with van der Waals surface area (Å²) in [5, 5.41) is 7.80. The Balaban J connectivity index is 1.48. The molecule has 0 saturated carbocycles. The molecule has 5 heteroatoms. The first kappa shape index (κ1) is 18.4. The summed E-state index contributed by atoms with van der Waals surface area (Å²) in [6.07, 6.45) is 5.40. The number of rotatable bonds is 7. The average molecular weight is 375 g/mol. The number of amides is 1. The Labute approximate surface area is 165 Å². The molecule has 1 aliphatic rings. The lowest BCUT2D eigenvalue weighted by Crippen LogP contribution is -2.31. The van der Waals surface area contributed by atoms with Gasteiger partial charge >= 0.3 is 0 Å². The van der Waals surface area contributed by atoms with Crippen molar-refractivity contribution in [3.63, 3.8) is 0 Å². The maximum absolute atomic E-state index is 12.3. The lowest BCUT2D eigenvalue weighted by Gasteiger charge is -2.10. The Kier molecular flexibility index (Phi) is 5.83. The minimum absolute atomic E-state index is 0.0574. The number of nitrogens with one attached hydrogen (secondary N) is 1. The summed E-state index contributed by atoms with van der Waals surface area (Å²) in [6, 6.07) is 20.2. The molecule has 0 radical (unpaired) electrons. The van der Waals surface area contributed by atoms with Gasteiger partial charge in [0.05, 0.1) is 17.5 Å². The molecule has 1 fully saturated rings. The van der Waals surface area contributed by atoms with E-state index < -0.39 is 0 Å². The molecule has 1 saturated heterocycles. The number of para-hydroxylation sites is 1. The van der Waals surface area contributed by atoms with Crippen LogP contribution in [0.5, 0.6) is 0 Å². The molecule has 1 amide bonds. The molecular weight excluding hydrogens is 350 g/mol. The zero-order valence-corrected chi connectivity index (χ0v) is 15.9. The molecule has 1 N–H and O–H groups in total. The summed E-state index contributed by atoms with van der Waals surface area (Å²) >= 11 is 0. The predicted octanol–water partition coefficient (Wildman–Crippen LogP) is 3.77. The monoisotopic (exact) mass is 375 g/mol. The molecule has 0 spiro atoms. The van der Waals surface area contributed by atoms with Crippen LogP contribution in [0.25, 0.3) is 16.9 Å². The highest BCUT2D eigenvalue weighted by atomic mass is 16.5. The summed E-state index contributed by atoms with van der Waals surface area (Å²) in [5.41, 5.74) is 4.07. The van der Waals surface area contributed by atoms with E-state index in [1.165, 1.54) is 0 Å². The number of benzene rings is 2. The Bertz CT molecular complexity index is 900. The van der Waals surface area contributed by atoms with Crippen LogP contribution >= 0.6 is 0 Å². The highest BCUT2D eigenvalue weighted by Gasteiger charge is 2.17. The first-order valence-corrected chi connectivity index (χ1v) is 9.87. The first-order valence-electron chi connectivity index (χ1n) is 9.87. The van der Waals surface area contributed by atoms with Gasteiger partial charge in [-0.25, -0.2) is 4.68 Å². The number of hydrogen-bond donors (Lipinski definition) is 1. The Morgan fingerprint density at radius 3 is 2.57 bits per heavy atom. The molecule has 1 atom stereocenters. The van der Waals surface area contributed by atoms with Crippen molar-refractivity contribution in [3.05, 3.63) is 72.4 Å². The fraction of sp³-hybridized carbons (Fsp3) is 0.304. The van der Waals surface area contributed by atoms with Crippen LogP contribution in [0.2, 0.25) is 0 Å². The molecule has 1 aromatic heterocycles. The van der Waals surface area contributed by atoms with Crippen molar-refractivity contribution in [2.45, 2.75) is 31.8 Å². The van der Waals surface area contributed by atoms with Gasteiger partial charge in [-0.1, -0.05) is 48.5 Å². The Hall–Kier alpha value is -2.92. The minimum atomic E-state index is 0.0574. The zero-order valence-electron chi connectivity index (χ0n) is 15.9. The zero-order chi connectivity index (χ0) is 19.2. The molecule has 2 heterocycles. The van der Waals surface area contributed by atoms with E-state index in [0.29, 0.717) is 19.4 Å². The average Bonchev–Trinajstić information content (AvgIpc) is 3.42. The molecule has 144 valence electrons. The predicted molar refractivity (Wildman–Crippen MR) is 109 cm³/mol. The number of hydrogen-bond acceptors (Lipinski definition) is 3. The molecule has 0 unspecified atom stereocenters. The summed E-state index contributed by atoms with van der Waals surface area (Å²) in [4.78, 5) is 12.3. The highest BCUT2D eigenvalue weighted by Crippen LogP contribution is 2.24. The SMILES string of the molecule is O=C(CCc1cn(-c2ccccc2)nc1-c1ccccc1)NC[C@H]1CCCO1. The van der Waals surface area contributed by atoms with Crippen LogP contribution < -0.4 is 5.32 Å². The van der Waals surface area contributed by atoms with Crippen molar-refractivity contribution in [2.24, 2.45) is 0 Å². The van der Waals surface area contributed by atoms with E-state index in [1.807, 2.05) is 59.4 Å². The van der Waals surface area contributed by atoms with E-state index in [2.05, 4.69) is 17.4 Å². The summed E-state index contributed by atoms with van der Waals surface area (Å²) in [7, 11) is 0. The van der Waals surface area contributed by atoms with Crippen LogP contribution in [0.1, 0.15) is 24.8 Å². The number of ether oxygens (including phenoxy) is 1. The maximum Gasteiger partial charge on any atom is 0.220 e. The van der Waals surface area contributed by atoms with Gasteiger partial charge in [0.2, 0.25) is 5.91 Å². The molecule has 4 rings (SSSR count). The van der Waals surface area contributed by atoms with Crippen molar-refractivity contribution in [1.82, 2.24) is 15.1 Å². The largest absolute Gasteiger partial charge is 0.376 e. The topological polar surface area (TPSA) is 56.2 Å². The number of carbonyl (C=O) groups is 1. The Morgan fingerprint density at radius 2 is 1.86 bits per heavy atom. The van der Waals surface area contributed by atoms with E-state index in [4.69, 9.17) is 9.84 Å². The third-order valence-electron chi connectivity index (χ3n) is 5.03. The van der Waals surface area contributed by atoms with Gasteiger partial charge in [0.15, 0.2) is 0 Å². The van der Waals surface area contributed by atoms with Gasteiger partial charge < -0.3 is 10.1 Å². The molecule has 3 aromatic rings. The molecular formula is C23H25N3O2. The number of carbonyl (C=O) groups excluding carboxylic acids is 1. The van der Waals surface area contributed by atoms with Crippen molar-refractivity contribution < 1.29 is 9.53 Å². The second-order valence-corrected chi connectivity index (χ2v) is 7.09. The van der Waals surface area contributed by atoms with Gasteiger partial charge in [-0.05, 0) is 37.0 Å². The molecule has 0 bridgehead atoms. The molecule has 0 aliphatic carbocycles. The molecule has 28 heavy (non-hydrogen) atoms. The number of aromatic nitrogens is 2. The van der Waals surface area contributed by atoms with E-state index in [9.17, 15) is 4.79 Å². The molecule has 2 aromatic carbocycles. The van der Waals surface area contributed by atoms with Crippen molar-refractivity contribution >= 4 is 5.91 Å². The number of aryl methyl sites for hydroxylation is 1.